The summed E-state index contributed by atoms with van der Waals surface area (Å²) in [5.74, 6) is -1.50. The van der Waals surface area contributed by atoms with Gasteiger partial charge in [-0.1, -0.05) is 19.1 Å². The molecule has 0 spiro atoms. The lowest BCUT2D eigenvalue weighted by molar-refractivity contribution is -0.141. The number of halogens is 1. The topological polar surface area (TPSA) is 49.8 Å². The monoisotopic (exact) mass is 283 g/mol. The third-order valence-electron chi connectivity index (χ3n) is 3.10. The molecule has 112 valence electrons. The lowest BCUT2D eigenvalue weighted by atomic mass is 10.1. The molecule has 1 atom stereocenters. The van der Waals surface area contributed by atoms with E-state index in [9.17, 15) is 9.18 Å². The van der Waals surface area contributed by atoms with Gasteiger partial charge in [0, 0.05) is 33.4 Å². The lowest BCUT2D eigenvalue weighted by Gasteiger charge is -2.24. The molecule has 0 aromatic heterocycles. The zero-order valence-electron chi connectivity index (χ0n) is 12.0. The molecule has 0 aliphatic heterocycles. The van der Waals surface area contributed by atoms with Crippen LogP contribution in [-0.4, -0.2) is 42.8 Å². The minimum atomic E-state index is -0.805. The van der Waals surface area contributed by atoms with Crippen LogP contribution in [0.3, 0.4) is 0 Å². The molecule has 0 aliphatic carbocycles. The summed E-state index contributed by atoms with van der Waals surface area (Å²) >= 11 is 0. The van der Waals surface area contributed by atoms with Gasteiger partial charge in [0.25, 0.3) is 0 Å². The van der Waals surface area contributed by atoms with E-state index in [-0.39, 0.29) is 5.82 Å². The Kier molecular flexibility index (Phi) is 7.18. The zero-order valence-corrected chi connectivity index (χ0v) is 12.0. The summed E-state index contributed by atoms with van der Waals surface area (Å²) in [5.41, 5.74) is 0.974. The van der Waals surface area contributed by atoms with E-state index in [0.29, 0.717) is 19.7 Å². The van der Waals surface area contributed by atoms with Crippen LogP contribution < -0.4 is 0 Å². The molecular formula is C15H22FNO3. The number of benzene rings is 1. The van der Waals surface area contributed by atoms with Crippen molar-refractivity contribution in [1.82, 2.24) is 4.90 Å². The lowest BCUT2D eigenvalue weighted by Crippen LogP contribution is -2.32. The minimum absolute atomic E-state index is 0.265. The van der Waals surface area contributed by atoms with E-state index in [1.807, 2.05) is 0 Å². The van der Waals surface area contributed by atoms with Gasteiger partial charge in [-0.3, -0.25) is 9.69 Å². The second kappa shape index (κ2) is 8.66. The summed E-state index contributed by atoms with van der Waals surface area (Å²) in [5, 5.41) is 9.00. The van der Waals surface area contributed by atoms with Gasteiger partial charge in [-0.15, -0.1) is 0 Å². The maximum Gasteiger partial charge on any atom is 0.307 e. The van der Waals surface area contributed by atoms with Crippen molar-refractivity contribution in [1.29, 1.82) is 0 Å². The molecule has 0 amide bonds. The van der Waals surface area contributed by atoms with Gasteiger partial charge in [0.1, 0.15) is 5.82 Å². The van der Waals surface area contributed by atoms with Crippen molar-refractivity contribution in [3.63, 3.8) is 0 Å². The standard InChI is InChI=1S/C15H22FNO3/c1-12(15(18)19)10-17(8-3-9-20-2)11-13-4-6-14(16)7-5-13/h4-7,12H,3,8-11H2,1-2H3,(H,18,19). The maximum atomic E-state index is 12.9. The number of methoxy groups -OCH3 is 1. The van der Waals surface area contributed by atoms with E-state index in [4.69, 9.17) is 9.84 Å². The van der Waals surface area contributed by atoms with Crippen LogP contribution in [0.1, 0.15) is 18.9 Å². The highest BCUT2D eigenvalue weighted by molar-refractivity contribution is 5.69. The number of carboxylic acids is 1. The minimum Gasteiger partial charge on any atom is -0.481 e. The van der Waals surface area contributed by atoms with Crippen molar-refractivity contribution in [2.45, 2.75) is 19.9 Å². The fourth-order valence-corrected chi connectivity index (χ4v) is 1.98. The van der Waals surface area contributed by atoms with Gasteiger partial charge in [-0.05, 0) is 24.1 Å². The highest BCUT2D eigenvalue weighted by Crippen LogP contribution is 2.10. The first kappa shape index (κ1) is 16.6. The number of hydrogen-bond acceptors (Lipinski definition) is 3. The summed E-state index contributed by atoms with van der Waals surface area (Å²) < 4.78 is 17.9. The van der Waals surface area contributed by atoms with Gasteiger partial charge in [0.15, 0.2) is 0 Å². The number of carbonyl (C=O) groups is 1. The van der Waals surface area contributed by atoms with Crippen molar-refractivity contribution in [3.8, 4) is 0 Å². The Morgan fingerprint density at radius 1 is 1.40 bits per heavy atom. The number of aliphatic carboxylic acids is 1. The zero-order chi connectivity index (χ0) is 15.0. The Morgan fingerprint density at radius 3 is 2.60 bits per heavy atom. The van der Waals surface area contributed by atoms with Crippen molar-refractivity contribution < 1.29 is 19.0 Å². The number of carboxylic acid groups (broad SMARTS) is 1. The van der Waals surface area contributed by atoms with Crippen LogP contribution in [0.5, 0.6) is 0 Å². The highest BCUT2D eigenvalue weighted by Gasteiger charge is 2.16. The fourth-order valence-electron chi connectivity index (χ4n) is 1.98. The Morgan fingerprint density at radius 2 is 2.05 bits per heavy atom. The Bertz CT molecular complexity index is 408. The predicted molar refractivity (Wildman–Crippen MR) is 75.0 cm³/mol. The summed E-state index contributed by atoms with van der Waals surface area (Å²) in [6.07, 6.45) is 0.837. The van der Waals surface area contributed by atoms with Crippen LogP contribution in [0, 0.1) is 11.7 Å². The second-order valence-corrected chi connectivity index (χ2v) is 4.95. The maximum absolute atomic E-state index is 12.9. The van der Waals surface area contributed by atoms with E-state index in [1.165, 1.54) is 12.1 Å². The molecule has 20 heavy (non-hydrogen) atoms. The molecule has 1 rings (SSSR count). The van der Waals surface area contributed by atoms with Gasteiger partial charge >= 0.3 is 5.97 Å². The first-order valence-electron chi connectivity index (χ1n) is 6.71. The average molecular weight is 283 g/mol. The fraction of sp³-hybridized carbons (Fsp3) is 0.533. The number of ether oxygens (including phenoxy) is 1. The Hall–Kier alpha value is -1.46. The molecule has 0 radical (unpaired) electrons. The Labute approximate surface area is 119 Å². The normalized spacial score (nSPS) is 12.6. The van der Waals surface area contributed by atoms with Gasteiger partial charge in [-0.2, -0.15) is 0 Å². The molecule has 1 N–H and O–H groups in total. The molecule has 5 heteroatoms. The van der Waals surface area contributed by atoms with Gasteiger partial charge in [0.2, 0.25) is 0 Å². The molecule has 4 nitrogen and oxygen atoms in total. The third kappa shape index (κ3) is 6.12. The van der Waals surface area contributed by atoms with E-state index in [0.717, 1.165) is 18.5 Å². The van der Waals surface area contributed by atoms with Crippen molar-refractivity contribution >= 4 is 5.97 Å². The van der Waals surface area contributed by atoms with Crippen molar-refractivity contribution in [2.75, 3.05) is 26.8 Å². The summed E-state index contributed by atoms with van der Waals surface area (Å²) in [6.45, 7) is 4.17. The van der Waals surface area contributed by atoms with Crippen LogP contribution in [0.15, 0.2) is 24.3 Å². The second-order valence-electron chi connectivity index (χ2n) is 4.95. The van der Waals surface area contributed by atoms with Crippen LogP contribution in [0.4, 0.5) is 4.39 Å². The Balaban J connectivity index is 2.60. The van der Waals surface area contributed by atoms with Gasteiger partial charge < -0.3 is 9.84 Å². The predicted octanol–water partition coefficient (Wildman–Crippen LogP) is 2.38. The molecule has 0 heterocycles. The highest BCUT2D eigenvalue weighted by atomic mass is 19.1. The first-order valence-corrected chi connectivity index (χ1v) is 6.71. The molecule has 0 fully saturated rings. The summed E-state index contributed by atoms with van der Waals surface area (Å²) in [7, 11) is 1.64. The van der Waals surface area contributed by atoms with Crippen LogP contribution in [0.25, 0.3) is 0 Å². The van der Waals surface area contributed by atoms with E-state index in [1.54, 1.807) is 26.2 Å². The summed E-state index contributed by atoms with van der Waals surface area (Å²) in [6, 6.07) is 6.29. The van der Waals surface area contributed by atoms with Crippen LogP contribution in [-0.2, 0) is 16.1 Å². The van der Waals surface area contributed by atoms with Crippen molar-refractivity contribution in [2.24, 2.45) is 5.92 Å². The third-order valence-corrected chi connectivity index (χ3v) is 3.10. The molecule has 0 aliphatic rings. The smallest absolute Gasteiger partial charge is 0.307 e. The molecule has 1 unspecified atom stereocenters. The molecule has 1 aromatic rings. The van der Waals surface area contributed by atoms with E-state index in [2.05, 4.69) is 4.90 Å². The van der Waals surface area contributed by atoms with Crippen LogP contribution in [0.2, 0.25) is 0 Å². The van der Waals surface area contributed by atoms with Crippen LogP contribution >= 0.6 is 0 Å². The quantitative estimate of drug-likeness (QED) is 0.707. The first-order chi connectivity index (χ1) is 9.52. The molecule has 1 aromatic carbocycles. The molecule has 0 saturated heterocycles. The van der Waals surface area contributed by atoms with Gasteiger partial charge in [-0.25, -0.2) is 4.39 Å². The summed E-state index contributed by atoms with van der Waals surface area (Å²) in [4.78, 5) is 13.0. The average Bonchev–Trinajstić information content (AvgIpc) is 2.41. The SMILES string of the molecule is COCCCN(Cc1ccc(F)cc1)CC(C)C(=O)O. The van der Waals surface area contributed by atoms with E-state index >= 15 is 0 Å². The molecule has 0 bridgehead atoms. The van der Waals surface area contributed by atoms with Gasteiger partial charge in [0.05, 0.1) is 5.92 Å². The number of nitrogens with zero attached hydrogens (tertiary/aromatic N) is 1. The number of hydrogen-bond donors (Lipinski definition) is 1. The molecular weight excluding hydrogens is 261 g/mol. The van der Waals surface area contributed by atoms with E-state index < -0.39 is 11.9 Å². The number of rotatable bonds is 9. The largest absolute Gasteiger partial charge is 0.481 e. The molecule has 0 saturated carbocycles. The van der Waals surface area contributed by atoms with Crippen molar-refractivity contribution in [3.05, 3.63) is 35.6 Å².